The molecule has 0 aromatic carbocycles. The van der Waals surface area contributed by atoms with Crippen molar-refractivity contribution in [1.29, 1.82) is 0 Å². The second-order valence-corrected chi connectivity index (χ2v) is 3.07. The van der Waals surface area contributed by atoms with Crippen LogP contribution in [0.3, 0.4) is 0 Å². The van der Waals surface area contributed by atoms with Crippen molar-refractivity contribution in [3.05, 3.63) is 0 Å². The minimum absolute atomic E-state index is 0.671. The summed E-state index contributed by atoms with van der Waals surface area (Å²) in [6, 6.07) is 1.42. The van der Waals surface area contributed by atoms with E-state index >= 15 is 0 Å². The lowest BCUT2D eigenvalue weighted by molar-refractivity contribution is 0.420. The van der Waals surface area contributed by atoms with Gasteiger partial charge >= 0.3 is 0 Å². The van der Waals surface area contributed by atoms with Crippen LogP contribution in [0.25, 0.3) is 0 Å². The van der Waals surface area contributed by atoms with Crippen LogP contribution < -0.4 is 10.6 Å². The van der Waals surface area contributed by atoms with Crippen molar-refractivity contribution in [1.82, 2.24) is 10.6 Å². The Balaban J connectivity index is 2.28. The molecule has 2 N–H and O–H groups in total. The summed E-state index contributed by atoms with van der Waals surface area (Å²) in [5.74, 6) is 0.745. The highest BCUT2D eigenvalue weighted by atomic mass is 15.1. The Labute approximate surface area is 57.0 Å². The van der Waals surface area contributed by atoms with Crippen LogP contribution in [0.4, 0.5) is 0 Å². The predicted molar refractivity (Wildman–Crippen MR) is 39.5 cm³/mol. The summed E-state index contributed by atoms with van der Waals surface area (Å²) in [6.45, 7) is 5.70. The van der Waals surface area contributed by atoms with E-state index in [1.54, 1.807) is 0 Å². The van der Waals surface area contributed by atoms with Gasteiger partial charge in [0.15, 0.2) is 0 Å². The first-order valence-corrected chi connectivity index (χ1v) is 3.66. The van der Waals surface area contributed by atoms with Gasteiger partial charge in [-0.05, 0) is 13.0 Å². The maximum absolute atomic E-state index is 3.30. The smallest absolute Gasteiger partial charge is 0.0349 e. The molecular formula is C7H16N2. The van der Waals surface area contributed by atoms with Crippen LogP contribution in [0, 0.1) is 5.92 Å². The average Bonchev–Trinajstić information content (AvgIpc) is 2.50. The van der Waals surface area contributed by atoms with Gasteiger partial charge in [0.05, 0.1) is 0 Å². The minimum atomic E-state index is 0.671. The first-order chi connectivity index (χ1) is 4.25. The van der Waals surface area contributed by atoms with Crippen LogP contribution >= 0.6 is 0 Å². The highest BCUT2D eigenvalue weighted by Gasteiger charge is 2.30. The van der Waals surface area contributed by atoms with Gasteiger partial charge in [-0.2, -0.15) is 0 Å². The van der Waals surface area contributed by atoms with Gasteiger partial charge in [-0.1, -0.05) is 13.8 Å². The fourth-order valence-corrected chi connectivity index (χ4v) is 1.32. The van der Waals surface area contributed by atoms with E-state index in [1.165, 1.54) is 6.54 Å². The van der Waals surface area contributed by atoms with Gasteiger partial charge < -0.3 is 10.6 Å². The second-order valence-electron chi connectivity index (χ2n) is 3.07. The molecule has 0 saturated carbocycles. The number of rotatable bonds is 3. The van der Waals surface area contributed by atoms with E-state index in [0.717, 1.165) is 12.0 Å². The lowest BCUT2D eigenvalue weighted by Crippen LogP contribution is -2.37. The molecule has 2 heteroatoms. The summed E-state index contributed by atoms with van der Waals surface area (Å²) < 4.78 is 0. The Morgan fingerprint density at radius 1 is 1.56 bits per heavy atom. The summed E-state index contributed by atoms with van der Waals surface area (Å²) in [6.07, 6.45) is 0. The molecular weight excluding hydrogens is 112 g/mol. The zero-order valence-corrected chi connectivity index (χ0v) is 6.44. The Morgan fingerprint density at radius 2 is 2.11 bits per heavy atom. The molecule has 1 heterocycles. The molecule has 1 aliphatic heterocycles. The molecule has 0 spiro atoms. The molecule has 54 valence electrons. The Morgan fingerprint density at radius 3 is 2.22 bits per heavy atom. The molecule has 0 aliphatic carbocycles. The highest BCUT2D eigenvalue weighted by molar-refractivity contribution is 4.95. The van der Waals surface area contributed by atoms with Crippen LogP contribution in [0.15, 0.2) is 0 Å². The monoisotopic (exact) mass is 128 g/mol. The first-order valence-electron chi connectivity index (χ1n) is 3.66. The third-order valence-corrected chi connectivity index (χ3v) is 1.92. The molecule has 2 nitrogen and oxygen atoms in total. The van der Waals surface area contributed by atoms with E-state index in [0.29, 0.717) is 6.04 Å². The largest absolute Gasteiger partial charge is 0.315 e. The van der Waals surface area contributed by atoms with E-state index in [1.807, 2.05) is 7.05 Å². The van der Waals surface area contributed by atoms with Gasteiger partial charge in [0.25, 0.3) is 0 Å². The standard InChI is InChI=1S/C7H16N2/c1-5(2)7(8-3)6-4-9-6/h5-9H,4H2,1-3H3. The summed E-state index contributed by atoms with van der Waals surface area (Å²) in [5, 5.41) is 6.61. The van der Waals surface area contributed by atoms with Crippen molar-refractivity contribution in [3.8, 4) is 0 Å². The van der Waals surface area contributed by atoms with Gasteiger partial charge in [0, 0.05) is 18.6 Å². The maximum Gasteiger partial charge on any atom is 0.0349 e. The van der Waals surface area contributed by atoms with Crippen molar-refractivity contribution in [2.45, 2.75) is 25.9 Å². The van der Waals surface area contributed by atoms with Gasteiger partial charge in [-0.25, -0.2) is 0 Å². The third kappa shape index (κ3) is 1.66. The summed E-state index contributed by atoms with van der Waals surface area (Å²) >= 11 is 0. The SMILES string of the molecule is CNC(C(C)C)C1CN1. The zero-order chi connectivity index (χ0) is 6.85. The van der Waals surface area contributed by atoms with E-state index < -0.39 is 0 Å². The van der Waals surface area contributed by atoms with Gasteiger partial charge in [0.1, 0.15) is 0 Å². The Kier molecular flexibility index (Phi) is 2.09. The van der Waals surface area contributed by atoms with Crippen LogP contribution in [0.1, 0.15) is 13.8 Å². The summed E-state index contributed by atoms with van der Waals surface area (Å²) in [4.78, 5) is 0. The quantitative estimate of drug-likeness (QED) is 0.532. The van der Waals surface area contributed by atoms with E-state index in [9.17, 15) is 0 Å². The lowest BCUT2D eigenvalue weighted by Gasteiger charge is -2.17. The number of nitrogens with one attached hydrogen (secondary N) is 2. The predicted octanol–water partition coefficient (Wildman–Crippen LogP) is 0.202. The average molecular weight is 128 g/mol. The van der Waals surface area contributed by atoms with Crippen LogP contribution in [0.2, 0.25) is 0 Å². The number of hydrogen-bond donors (Lipinski definition) is 2. The molecule has 1 rings (SSSR count). The molecule has 0 radical (unpaired) electrons. The van der Waals surface area contributed by atoms with Crippen molar-refractivity contribution >= 4 is 0 Å². The lowest BCUT2D eigenvalue weighted by atomic mass is 10.0. The van der Waals surface area contributed by atoms with Crippen molar-refractivity contribution in [2.24, 2.45) is 5.92 Å². The fourth-order valence-electron chi connectivity index (χ4n) is 1.32. The summed E-state index contributed by atoms with van der Waals surface area (Å²) in [7, 11) is 2.03. The molecule has 1 aliphatic rings. The molecule has 0 aromatic heterocycles. The molecule has 2 atom stereocenters. The normalized spacial score (nSPS) is 28.7. The van der Waals surface area contributed by atoms with Crippen LogP contribution in [-0.4, -0.2) is 25.7 Å². The molecule has 1 fully saturated rings. The summed E-state index contributed by atoms with van der Waals surface area (Å²) in [5.41, 5.74) is 0. The van der Waals surface area contributed by atoms with Crippen LogP contribution in [0.5, 0.6) is 0 Å². The molecule has 2 unspecified atom stereocenters. The van der Waals surface area contributed by atoms with Gasteiger partial charge in [-0.15, -0.1) is 0 Å². The maximum atomic E-state index is 3.30. The molecule has 0 bridgehead atoms. The first kappa shape index (κ1) is 7.03. The van der Waals surface area contributed by atoms with E-state index in [4.69, 9.17) is 0 Å². The second kappa shape index (κ2) is 2.67. The van der Waals surface area contributed by atoms with Crippen molar-refractivity contribution < 1.29 is 0 Å². The molecule has 0 aromatic rings. The van der Waals surface area contributed by atoms with Gasteiger partial charge in [-0.3, -0.25) is 0 Å². The van der Waals surface area contributed by atoms with Crippen LogP contribution in [-0.2, 0) is 0 Å². The molecule has 0 amide bonds. The zero-order valence-electron chi connectivity index (χ0n) is 6.44. The Bertz CT molecular complexity index is 84.9. The van der Waals surface area contributed by atoms with E-state index in [2.05, 4.69) is 24.5 Å². The minimum Gasteiger partial charge on any atom is -0.315 e. The fraction of sp³-hybridized carbons (Fsp3) is 1.00. The molecule has 9 heavy (non-hydrogen) atoms. The highest BCUT2D eigenvalue weighted by Crippen LogP contribution is 2.11. The number of likely N-dealkylation sites (N-methyl/N-ethyl adjacent to an activating group) is 1. The topological polar surface area (TPSA) is 34.0 Å². The van der Waals surface area contributed by atoms with Crippen molar-refractivity contribution in [2.75, 3.05) is 13.6 Å². The number of hydrogen-bond acceptors (Lipinski definition) is 2. The van der Waals surface area contributed by atoms with E-state index in [-0.39, 0.29) is 0 Å². The Hall–Kier alpha value is -0.0800. The molecule has 1 saturated heterocycles. The van der Waals surface area contributed by atoms with Gasteiger partial charge in [0.2, 0.25) is 0 Å². The third-order valence-electron chi connectivity index (χ3n) is 1.92. The van der Waals surface area contributed by atoms with Crippen molar-refractivity contribution in [3.63, 3.8) is 0 Å².